The van der Waals surface area contributed by atoms with E-state index in [1.54, 1.807) is 19.2 Å². The van der Waals surface area contributed by atoms with Gasteiger partial charge in [0.05, 0.1) is 17.4 Å². The highest BCUT2D eigenvalue weighted by molar-refractivity contribution is 5.91. The van der Waals surface area contributed by atoms with Gasteiger partial charge in [-0.1, -0.05) is 0 Å². The molecule has 0 aliphatic carbocycles. The summed E-state index contributed by atoms with van der Waals surface area (Å²) >= 11 is 0. The van der Waals surface area contributed by atoms with Crippen LogP contribution in [0.3, 0.4) is 0 Å². The van der Waals surface area contributed by atoms with Crippen LogP contribution in [0.1, 0.15) is 44.2 Å². The number of benzene rings is 2. The Balaban J connectivity index is 1.74. The molecule has 0 radical (unpaired) electrons. The molecule has 1 saturated heterocycles. The number of nitrogens with one attached hydrogen (secondary N) is 1. The van der Waals surface area contributed by atoms with Crippen molar-refractivity contribution in [3.63, 3.8) is 0 Å². The molecule has 2 bridgehead atoms. The zero-order valence-electron chi connectivity index (χ0n) is 18.0. The molecule has 3 heterocycles. The fourth-order valence-electron chi connectivity index (χ4n) is 5.67. The van der Waals surface area contributed by atoms with Crippen LogP contribution in [-0.4, -0.2) is 36.3 Å². The lowest BCUT2D eigenvalue weighted by Gasteiger charge is -2.45. The number of amides is 1. The predicted molar refractivity (Wildman–Crippen MR) is 115 cm³/mol. The van der Waals surface area contributed by atoms with Crippen molar-refractivity contribution in [1.29, 1.82) is 0 Å². The maximum atomic E-state index is 13.3. The van der Waals surface area contributed by atoms with Gasteiger partial charge in [0.25, 0.3) is 5.69 Å². The number of nitro benzene ring substituents is 1. The summed E-state index contributed by atoms with van der Waals surface area (Å²) in [6.45, 7) is 6.64. The molecule has 162 valence electrons. The molecule has 0 saturated carbocycles. The highest BCUT2D eigenvalue weighted by Crippen LogP contribution is 2.65. The summed E-state index contributed by atoms with van der Waals surface area (Å²) in [5.74, 6) is 1.04. The van der Waals surface area contributed by atoms with E-state index < -0.39 is 22.1 Å². The minimum absolute atomic E-state index is 0.00408. The second-order valence-electron chi connectivity index (χ2n) is 8.89. The van der Waals surface area contributed by atoms with Gasteiger partial charge in [0.15, 0.2) is 5.72 Å². The van der Waals surface area contributed by atoms with Crippen molar-refractivity contribution in [1.82, 2.24) is 5.32 Å². The first-order valence-corrected chi connectivity index (χ1v) is 10.5. The first-order chi connectivity index (χ1) is 14.7. The lowest BCUT2D eigenvalue weighted by Crippen LogP contribution is -2.59. The number of hydrogen-bond donors (Lipinski definition) is 1. The Morgan fingerprint density at radius 2 is 2.10 bits per heavy atom. The van der Waals surface area contributed by atoms with Crippen LogP contribution >= 0.6 is 0 Å². The average Bonchev–Trinajstić information content (AvgIpc) is 3.12. The third-order valence-corrected chi connectivity index (χ3v) is 7.16. The molecular formula is C23H25N3O5. The van der Waals surface area contributed by atoms with Crippen LogP contribution in [0.5, 0.6) is 11.5 Å². The normalized spacial score (nSPS) is 26.4. The molecule has 3 atom stereocenters. The van der Waals surface area contributed by atoms with E-state index in [0.29, 0.717) is 18.7 Å². The lowest BCUT2D eigenvalue weighted by molar-refractivity contribution is -0.385. The summed E-state index contributed by atoms with van der Waals surface area (Å²) in [4.78, 5) is 26.4. The quantitative estimate of drug-likeness (QED) is 0.598. The summed E-state index contributed by atoms with van der Waals surface area (Å²) in [5, 5.41) is 14.4. The molecule has 8 heteroatoms. The molecule has 1 N–H and O–H groups in total. The van der Waals surface area contributed by atoms with E-state index in [4.69, 9.17) is 9.47 Å². The number of rotatable bonds is 4. The number of ether oxygens (including phenoxy) is 2. The Morgan fingerprint density at radius 3 is 2.77 bits per heavy atom. The van der Waals surface area contributed by atoms with Crippen LogP contribution in [-0.2, 0) is 10.2 Å². The summed E-state index contributed by atoms with van der Waals surface area (Å²) in [6.07, 6.45) is 0.562. The number of non-ortho nitro benzene ring substituents is 1. The highest BCUT2D eigenvalue weighted by atomic mass is 16.6. The van der Waals surface area contributed by atoms with Crippen LogP contribution < -0.4 is 19.7 Å². The Kier molecular flexibility index (Phi) is 4.03. The topological polar surface area (TPSA) is 93.9 Å². The summed E-state index contributed by atoms with van der Waals surface area (Å²) in [6, 6.07) is 10.0. The van der Waals surface area contributed by atoms with Gasteiger partial charge in [0.2, 0.25) is 5.91 Å². The fourth-order valence-corrected chi connectivity index (χ4v) is 5.67. The highest BCUT2D eigenvalue weighted by Gasteiger charge is 2.70. The molecule has 0 unspecified atom stereocenters. The van der Waals surface area contributed by atoms with Gasteiger partial charge in [0, 0.05) is 42.3 Å². The second-order valence-corrected chi connectivity index (χ2v) is 8.89. The molecule has 1 fully saturated rings. The summed E-state index contributed by atoms with van der Waals surface area (Å²) < 4.78 is 12.1. The van der Waals surface area contributed by atoms with E-state index in [1.165, 1.54) is 6.07 Å². The molecule has 8 nitrogen and oxygen atoms in total. The van der Waals surface area contributed by atoms with Gasteiger partial charge in [-0.25, -0.2) is 0 Å². The number of nitrogens with zero attached hydrogens (tertiary/aromatic N) is 2. The van der Waals surface area contributed by atoms with Crippen molar-refractivity contribution in [2.24, 2.45) is 0 Å². The van der Waals surface area contributed by atoms with E-state index in [1.807, 2.05) is 25.1 Å². The summed E-state index contributed by atoms with van der Waals surface area (Å²) in [7, 11) is 1.64. The first-order valence-electron chi connectivity index (χ1n) is 10.5. The maximum Gasteiger partial charge on any atom is 0.269 e. The molecule has 2 aromatic rings. The second kappa shape index (κ2) is 6.35. The van der Waals surface area contributed by atoms with Crippen molar-refractivity contribution >= 4 is 17.3 Å². The number of nitro groups is 1. The smallest absolute Gasteiger partial charge is 0.269 e. The maximum absolute atomic E-state index is 13.3. The van der Waals surface area contributed by atoms with Gasteiger partial charge in [-0.05, 0) is 50.6 Å². The van der Waals surface area contributed by atoms with E-state index in [2.05, 4.69) is 24.1 Å². The number of carbonyl (C=O) groups excluding carboxylic acids is 1. The zero-order chi connectivity index (χ0) is 22.1. The lowest BCUT2D eigenvalue weighted by atomic mass is 9.72. The Bertz CT molecular complexity index is 1110. The zero-order valence-corrected chi connectivity index (χ0v) is 18.0. The molecule has 1 spiro atoms. The molecule has 2 aromatic carbocycles. The van der Waals surface area contributed by atoms with Crippen LogP contribution in [0.4, 0.5) is 11.4 Å². The van der Waals surface area contributed by atoms with Crippen LogP contribution in [0.25, 0.3) is 0 Å². The number of anilines is 1. The standard InChI is InChI=1S/C23H25N3O5/c1-5-24-21(27)20-16-12-23(31-19-9-6-13(26(28)29)10-15(16)19)22(2,3)17-11-14(30-4)7-8-18(17)25(20)23/h6-11,16,20H,5,12H2,1-4H3,(H,24,27)/t16-,20+,23+/m0/s1. The van der Waals surface area contributed by atoms with Crippen LogP contribution in [0, 0.1) is 10.1 Å². The van der Waals surface area contributed by atoms with Crippen molar-refractivity contribution in [3.05, 3.63) is 57.6 Å². The largest absolute Gasteiger partial charge is 0.497 e. The van der Waals surface area contributed by atoms with Crippen molar-refractivity contribution in [2.45, 2.75) is 50.3 Å². The number of likely N-dealkylation sites (N-methyl/N-ethyl adjacent to an activating group) is 1. The Morgan fingerprint density at radius 1 is 1.32 bits per heavy atom. The van der Waals surface area contributed by atoms with Gasteiger partial charge < -0.3 is 19.7 Å². The summed E-state index contributed by atoms with van der Waals surface area (Å²) in [5.41, 5.74) is 1.50. The molecular weight excluding hydrogens is 398 g/mol. The minimum Gasteiger partial charge on any atom is -0.497 e. The Labute approximate surface area is 180 Å². The van der Waals surface area contributed by atoms with Crippen LogP contribution in [0.2, 0.25) is 0 Å². The van der Waals surface area contributed by atoms with E-state index >= 15 is 0 Å². The third kappa shape index (κ3) is 2.38. The van der Waals surface area contributed by atoms with Crippen molar-refractivity contribution in [3.8, 4) is 11.5 Å². The van der Waals surface area contributed by atoms with E-state index in [9.17, 15) is 14.9 Å². The van der Waals surface area contributed by atoms with Gasteiger partial charge in [0.1, 0.15) is 17.5 Å². The van der Waals surface area contributed by atoms with Crippen molar-refractivity contribution < 1.29 is 19.2 Å². The van der Waals surface area contributed by atoms with E-state index in [0.717, 1.165) is 22.6 Å². The molecule has 3 aliphatic heterocycles. The molecule has 31 heavy (non-hydrogen) atoms. The first kappa shape index (κ1) is 19.7. The molecule has 5 rings (SSSR count). The average molecular weight is 423 g/mol. The van der Waals surface area contributed by atoms with Gasteiger partial charge in [-0.15, -0.1) is 0 Å². The molecule has 0 aromatic heterocycles. The molecule has 1 amide bonds. The Hall–Kier alpha value is -3.29. The van der Waals surface area contributed by atoms with Gasteiger partial charge >= 0.3 is 0 Å². The van der Waals surface area contributed by atoms with Gasteiger partial charge in [-0.3, -0.25) is 14.9 Å². The number of fused-ring (bicyclic) bond motifs is 5. The number of hydrogen-bond acceptors (Lipinski definition) is 6. The predicted octanol–water partition coefficient (Wildman–Crippen LogP) is 3.48. The molecule has 3 aliphatic rings. The monoisotopic (exact) mass is 423 g/mol. The third-order valence-electron chi connectivity index (χ3n) is 7.16. The van der Waals surface area contributed by atoms with Crippen molar-refractivity contribution in [2.75, 3.05) is 18.6 Å². The number of carbonyl (C=O) groups is 1. The fraction of sp³-hybridized carbons (Fsp3) is 0.435. The number of methoxy groups -OCH3 is 1. The van der Waals surface area contributed by atoms with Crippen LogP contribution in [0.15, 0.2) is 36.4 Å². The van der Waals surface area contributed by atoms with E-state index in [-0.39, 0.29) is 17.5 Å². The van der Waals surface area contributed by atoms with Gasteiger partial charge in [-0.2, -0.15) is 0 Å². The SMILES string of the molecule is CCNC(=O)[C@H]1[C@H]2C[C@]3(Oc4ccc([N+](=O)[O-])cc42)N1c1ccc(OC)cc1C3(C)C. The minimum atomic E-state index is -0.773.